The summed E-state index contributed by atoms with van der Waals surface area (Å²) in [6, 6.07) is 2.48. The Morgan fingerprint density at radius 3 is 2.78 bits per heavy atom. The number of aliphatic imine (C=N–C) groups is 1. The van der Waals surface area contributed by atoms with E-state index in [9.17, 15) is 0 Å². The summed E-state index contributed by atoms with van der Waals surface area (Å²) in [7, 11) is 0. The molecule has 1 heterocycles. The fourth-order valence-corrected chi connectivity index (χ4v) is 1.75. The van der Waals surface area contributed by atoms with E-state index in [1.165, 1.54) is 6.42 Å². The van der Waals surface area contributed by atoms with Crippen LogP contribution in [-0.4, -0.2) is 18.5 Å². The Hall–Kier alpha value is -0.720. The highest BCUT2D eigenvalue weighted by Gasteiger charge is 2.46. The second kappa shape index (κ2) is 6.45. The first-order valence-electron chi connectivity index (χ1n) is 6.18. The van der Waals surface area contributed by atoms with Gasteiger partial charge >= 0.3 is 0 Å². The summed E-state index contributed by atoms with van der Waals surface area (Å²) in [5.74, 6) is 0.893. The van der Waals surface area contributed by atoms with Crippen molar-refractivity contribution in [1.29, 1.82) is 0 Å². The molecule has 1 unspecified atom stereocenters. The first kappa shape index (κ1) is 15.3. The highest BCUT2D eigenvalue weighted by molar-refractivity contribution is 14.0. The molecule has 4 nitrogen and oxygen atoms in total. The van der Waals surface area contributed by atoms with Crippen molar-refractivity contribution in [2.75, 3.05) is 6.54 Å². The van der Waals surface area contributed by atoms with Crippen LogP contribution in [0.3, 0.4) is 0 Å². The van der Waals surface area contributed by atoms with E-state index in [1.807, 2.05) is 6.07 Å². The average Bonchev–Trinajstić information content (AvgIpc) is 2.69. The van der Waals surface area contributed by atoms with Crippen molar-refractivity contribution < 1.29 is 4.42 Å². The van der Waals surface area contributed by atoms with Gasteiger partial charge in [0.15, 0.2) is 5.96 Å². The summed E-state index contributed by atoms with van der Waals surface area (Å²) in [4.78, 5) is 4.54. The van der Waals surface area contributed by atoms with Crippen LogP contribution in [0.1, 0.15) is 32.8 Å². The van der Waals surface area contributed by atoms with Crippen LogP contribution in [0.5, 0.6) is 0 Å². The highest BCUT2D eigenvalue weighted by Crippen LogP contribution is 2.44. The maximum Gasteiger partial charge on any atom is 0.191 e. The lowest BCUT2D eigenvalue weighted by Gasteiger charge is -2.12. The largest absolute Gasteiger partial charge is 0.472 e. The van der Waals surface area contributed by atoms with E-state index < -0.39 is 0 Å². The van der Waals surface area contributed by atoms with Crippen LogP contribution in [0.2, 0.25) is 0 Å². The van der Waals surface area contributed by atoms with Crippen LogP contribution in [0, 0.1) is 5.41 Å². The van der Waals surface area contributed by atoms with Gasteiger partial charge in [0, 0.05) is 18.2 Å². The summed E-state index contributed by atoms with van der Waals surface area (Å²) < 4.78 is 5.02. The Kier molecular flexibility index (Phi) is 5.49. The van der Waals surface area contributed by atoms with Gasteiger partial charge in [-0.2, -0.15) is 0 Å². The molecule has 0 radical (unpaired) electrons. The molecule has 0 amide bonds. The maximum absolute atomic E-state index is 5.02. The molecule has 2 rings (SSSR count). The molecule has 2 N–H and O–H groups in total. The number of nitrogens with one attached hydrogen (secondary N) is 2. The van der Waals surface area contributed by atoms with Gasteiger partial charge in [0.1, 0.15) is 0 Å². The summed E-state index contributed by atoms with van der Waals surface area (Å²) >= 11 is 0. The molecule has 0 aromatic carbocycles. The molecule has 0 saturated heterocycles. The number of rotatable bonds is 4. The molecule has 1 atom stereocenters. The Morgan fingerprint density at radius 2 is 2.28 bits per heavy atom. The smallest absolute Gasteiger partial charge is 0.191 e. The van der Waals surface area contributed by atoms with Crippen molar-refractivity contribution in [1.82, 2.24) is 10.6 Å². The molecule has 1 fully saturated rings. The highest BCUT2D eigenvalue weighted by atomic mass is 127. The predicted octanol–water partition coefficient (Wildman–Crippen LogP) is 2.75. The number of nitrogens with zero attached hydrogens (tertiary/aromatic N) is 1. The minimum absolute atomic E-state index is 0. The van der Waals surface area contributed by atoms with Gasteiger partial charge in [-0.25, -0.2) is 4.99 Å². The lowest BCUT2D eigenvalue weighted by molar-refractivity contribution is 0.564. The number of halogens is 1. The van der Waals surface area contributed by atoms with E-state index in [4.69, 9.17) is 4.42 Å². The van der Waals surface area contributed by atoms with Crippen LogP contribution in [0.25, 0.3) is 0 Å². The zero-order valence-electron chi connectivity index (χ0n) is 11.2. The van der Waals surface area contributed by atoms with Gasteiger partial charge in [-0.05, 0) is 24.8 Å². The van der Waals surface area contributed by atoms with E-state index in [1.54, 1.807) is 12.5 Å². The minimum Gasteiger partial charge on any atom is -0.472 e. The van der Waals surface area contributed by atoms with Crippen molar-refractivity contribution in [3.05, 3.63) is 24.2 Å². The number of hydrogen-bond acceptors (Lipinski definition) is 2. The molecule has 1 aliphatic carbocycles. The van der Waals surface area contributed by atoms with Crippen LogP contribution in [0.15, 0.2) is 28.0 Å². The Balaban J connectivity index is 0.00000162. The van der Waals surface area contributed by atoms with Gasteiger partial charge < -0.3 is 15.1 Å². The monoisotopic (exact) mass is 363 g/mol. The van der Waals surface area contributed by atoms with Crippen molar-refractivity contribution in [2.45, 2.75) is 39.8 Å². The van der Waals surface area contributed by atoms with E-state index in [0.29, 0.717) is 18.0 Å². The number of hydrogen-bond donors (Lipinski definition) is 2. The summed E-state index contributed by atoms with van der Waals surface area (Å²) in [5, 5.41) is 6.72. The molecule has 18 heavy (non-hydrogen) atoms. The zero-order chi connectivity index (χ0) is 12.3. The van der Waals surface area contributed by atoms with E-state index >= 15 is 0 Å². The fourth-order valence-electron chi connectivity index (χ4n) is 1.75. The molecule has 5 heteroatoms. The van der Waals surface area contributed by atoms with E-state index in [-0.39, 0.29) is 24.0 Å². The Bertz CT molecular complexity index is 387. The third-order valence-corrected chi connectivity index (χ3v) is 3.17. The van der Waals surface area contributed by atoms with Crippen LogP contribution < -0.4 is 10.6 Å². The molecule has 0 bridgehead atoms. The second-order valence-corrected chi connectivity index (χ2v) is 5.22. The van der Waals surface area contributed by atoms with Crippen molar-refractivity contribution in [3.63, 3.8) is 0 Å². The van der Waals surface area contributed by atoms with Gasteiger partial charge in [0.05, 0.1) is 19.1 Å². The summed E-state index contributed by atoms with van der Waals surface area (Å²) in [6.45, 7) is 8.14. The quantitative estimate of drug-likeness (QED) is 0.491. The first-order valence-corrected chi connectivity index (χ1v) is 6.18. The SMILES string of the molecule is CCNC(=NCc1ccoc1)NC1CC1(C)C.I. The van der Waals surface area contributed by atoms with Gasteiger partial charge in [0.2, 0.25) is 0 Å². The molecule has 1 aromatic rings. The molecular weight excluding hydrogens is 341 g/mol. The lowest BCUT2D eigenvalue weighted by atomic mass is 10.2. The molecule has 1 saturated carbocycles. The van der Waals surface area contributed by atoms with Crippen LogP contribution >= 0.6 is 24.0 Å². The van der Waals surface area contributed by atoms with Crippen LogP contribution in [0.4, 0.5) is 0 Å². The van der Waals surface area contributed by atoms with Crippen molar-refractivity contribution in [2.24, 2.45) is 10.4 Å². The first-order chi connectivity index (χ1) is 8.12. The molecule has 1 aliphatic rings. The van der Waals surface area contributed by atoms with Crippen LogP contribution in [-0.2, 0) is 6.54 Å². The topological polar surface area (TPSA) is 49.6 Å². The standard InChI is InChI=1S/C13H21N3O.HI/c1-4-14-12(16-11-7-13(11,2)3)15-8-10-5-6-17-9-10;/h5-6,9,11H,4,7-8H2,1-3H3,(H2,14,15,16);1H. The minimum atomic E-state index is 0. The third-order valence-electron chi connectivity index (χ3n) is 3.17. The average molecular weight is 363 g/mol. The predicted molar refractivity (Wildman–Crippen MR) is 84.3 cm³/mol. The molecular formula is C13H22IN3O. The number of guanidine groups is 1. The van der Waals surface area contributed by atoms with Gasteiger partial charge in [0.25, 0.3) is 0 Å². The zero-order valence-corrected chi connectivity index (χ0v) is 13.5. The third kappa shape index (κ3) is 4.19. The Morgan fingerprint density at radius 1 is 1.56 bits per heavy atom. The lowest BCUT2D eigenvalue weighted by Crippen LogP contribution is -2.39. The fraction of sp³-hybridized carbons (Fsp3) is 0.615. The van der Waals surface area contributed by atoms with Gasteiger partial charge in [-0.1, -0.05) is 13.8 Å². The molecule has 102 valence electrons. The second-order valence-electron chi connectivity index (χ2n) is 5.22. The number of furan rings is 1. The molecule has 0 aliphatic heterocycles. The van der Waals surface area contributed by atoms with Gasteiger partial charge in [-0.15, -0.1) is 24.0 Å². The molecule has 0 spiro atoms. The molecule has 1 aromatic heterocycles. The Labute approximate surface area is 126 Å². The van der Waals surface area contributed by atoms with Crippen molar-refractivity contribution >= 4 is 29.9 Å². The van der Waals surface area contributed by atoms with Gasteiger partial charge in [-0.3, -0.25) is 0 Å². The van der Waals surface area contributed by atoms with Crippen molar-refractivity contribution in [3.8, 4) is 0 Å². The summed E-state index contributed by atoms with van der Waals surface area (Å²) in [6.07, 6.45) is 4.62. The van der Waals surface area contributed by atoms with E-state index in [0.717, 1.165) is 18.1 Å². The maximum atomic E-state index is 5.02. The van der Waals surface area contributed by atoms with E-state index in [2.05, 4.69) is 36.4 Å². The normalized spacial score (nSPS) is 21.1. The summed E-state index contributed by atoms with van der Waals surface area (Å²) in [5.41, 5.74) is 1.50.